The molecule has 82 valence electrons. The maximum absolute atomic E-state index is 11.8. The second-order valence-corrected chi connectivity index (χ2v) is 2.99. The van der Waals surface area contributed by atoms with Crippen LogP contribution in [0.3, 0.4) is 0 Å². The van der Waals surface area contributed by atoms with Crippen LogP contribution in [0.15, 0.2) is 6.07 Å². The molecule has 1 amide bonds. The van der Waals surface area contributed by atoms with Crippen LogP contribution in [0.1, 0.15) is 5.69 Å². The number of carbonyl (C=O) groups excluding carboxylic acids is 1. The van der Waals surface area contributed by atoms with Gasteiger partial charge in [-0.25, -0.2) is 9.97 Å². The molecule has 0 fully saturated rings. The SMILES string of the molecule is Cc1cc(Cl)nc(NC(=O)C(F)(F)F)n1. The van der Waals surface area contributed by atoms with E-state index in [-0.39, 0.29) is 5.15 Å². The van der Waals surface area contributed by atoms with Crippen LogP contribution >= 0.6 is 11.6 Å². The highest BCUT2D eigenvalue weighted by atomic mass is 35.5. The first-order valence-corrected chi connectivity index (χ1v) is 4.06. The summed E-state index contributed by atoms with van der Waals surface area (Å²) in [4.78, 5) is 17.5. The lowest BCUT2D eigenvalue weighted by Crippen LogP contribution is -2.30. The molecule has 1 rings (SSSR count). The van der Waals surface area contributed by atoms with E-state index in [4.69, 9.17) is 11.6 Å². The van der Waals surface area contributed by atoms with Crippen molar-refractivity contribution in [3.8, 4) is 0 Å². The number of rotatable bonds is 1. The van der Waals surface area contributed by atoms with E-state index in [1.807, 2.05) is 0 Å². The van der Waals surface area contributed by atoms with Crippen LogP contribution in [0.25, 0.3) is 0 Å². The first-order valence-electron chi connectivity index (χ1n) is 3.68. The fourth-order valence-corrected chi connectivity index (χ4v) is 0.996. The topological polar surface area (TPSA) is 54.9 Å². The number of amides is 1. The molecule has 1 N–H and O–H groups in total. The Labute approximate surface area is 87.5 Å². The molecular weight excluding hydrogens is 235 g/mol. The molecule has 0 radical (unpaired) electrons. The molecule has 1 heterocycles. The van der Waals surface area contributed by atoms with E-state index in [0.29, 0.717) is 5.69 Å². The summed E-state index contributed by atoms with van der Waals surface area (Å²) in [5, 5.41) is 1.45. The second kappa shape index (κ2) is 4.01. The maximum atomic E-state index is 11.8. The number of anilines is 1. The molecule has 0 aliphatic heterocycles. The summed E-state index contributed by atoms with van der Waals surface area (Å²) in [6, 6.07) is 1.35. The van der Waals surface area contributed by atoms with Gasteiger partial charge >= 0.3 is 12.1 Å². The lowest BCUT2D eigenvalue weighted by Gasteiger charge is -2.06. The zero-order valence-corrected chi connectivity index (χ0v) is 8.15. The Morgan fingerprint density at radius 1 is 1.47 bits per heavy atom. The minimum absolute atomic E-state index is 0.0417. The van der Waals surface area contributed by atoms with Gasteiger partial charge in [0.2, 0.25) is 5.95 Å². The fourth-order valence-electron chi connectivity index (χ4n) is 0.758. The van der Waals surface area contributed by atoms with Crippen molar-refractivity contribution in [3.05, 3.63) is 16.9 Å². The third-order valence-corrected chi connectivity index (χ3v) is 1.50. The molecule has 0 saturated carbocycles. The van der Waals surface area contributed by atoms with Gasteiger partial charge in [0.1, 0.15) is 5.15 Å². The molecule has 0 atom stereocenters. The average Bonchev–Trinajstić information content (AvgIpc) is 1.99. The summed E-state index contributed by atoms with van der Waals surface area (Å²) >= 11 is 5.46. The van der Waals surface area contributed by atoms with Crippen molar-refractivity contribution >= 4 is 23.5 Å². The van der Waals surface area contributed by atoms with Crippen molar-refractivity contribution in [1.82, 2.24) is 9.97 Å². The number of halogens is 4. The number of nitrogens with one attached hydrogen (secondary N) is 1. The minimum Gasteiger partial charge on any atom is -0.287 e. The number of hydrogen-bond donors (Lipinski definition) is 1. The molecule has 0 aliphatic rings. The molecular formula is C7H5ClF3N3O. The van der Waals surface area contributed by atoms with Crippen LogP contribution < -0.4 is 5.32 Å². The quantitative estimate of drug-likeness (QED) is 0.762. The standard InChI is InChI=1S/C7H5ClF3N3O/c1-3-2-4(8)13-6(12-3)14-5(15)7(9,10)11/h2H,1H3,(H,12,13,14,15). The van der Waals surface area contributed by atoms with E-state index in [0.717, 1.165) is 0 Å². The summed E-state index contributed by atoms with van der Waals surface area (Å²) in [7, 11) is 0. The highest BCUT2D eigenvalue weighted by Crippen LogP contribution is 2.17. The van der Waals surface area contributed by atoms with Crippen LogP contribution in [-0.2, 0) is 4.79 Å². The summed E-state index contributed by atoms with van der Waals surface area (Å²) < 4.78 is 35.5. The van der Waals surface area contributed by atoms with Crippen molar-refractivity contribution in [2.45, 2.75) is 13.1 Å². The Balaban J connectivity index is 2.86. The number of alkyl halides is 3. The fraction of sp³-hybridized carbons (Fsp3) is 0.286. The molecule has 1 aromatic rings. The van der Waals surface area contributed by atoms with E-state index in [1.165, 1.54) is 18.3 Å². The number of carbonyl (C=O) groups is 1. The van der Waals surface area contributed by atoms with Gasteiger partial charge < -0.3 is 0 Å². The molecule has 0 unspecified atom stereocenters. The van der Waals surface area contributed by atoms with Crippen molar-refractivity contribution in [1.29, 1.82) is 0 Å². The second-order valence-electron chi connectivity index (χ2n) is 2.61. The third kappa shape index (κ3) is 3.35. The number of aromatic nitrogens is 2. The predicted molar refractivity (Wildman–Crippen MR) is 46.5 cm³/mol. The van der Waals surface area contributed by atoms with Crippen LogP contribution in [0.2, 0.25) is 5.15 Å². The number of hydrogen-bond acceptors (Lipinski definition) is 3. The minimum atomic E-state index is -4.97. The van der Waals surface area contributed by atoms with Crippen LogP contribution in [0, 0.1) is 6.92 Å². The van der Waals surface area contributed by atoms with Crippen LogP contribution in [0.4, 0.5) is 19.1 Å². The van der Waals surface area contributed by atoms with Gasteiger partial charge in [-0.1, -0.05) is 11.6 Å². The normalized spacial score (nSPS) is 11.3. The summed E-state index contributed by atoms with van der Waals surface area (Å²) in [5.41, 5.74) is 0.354. The molecule has 8 heteroatoms. The van der Waals surface area contributed by atoms with Gasteiger partial charge in [0.25, 0.3) is 0 Å². The highest BCUT2D eigenvalue weighted by molar-refractivity contribution is 6.29. The predicted octanol–water partition coefficient (Wildman–Crippen LogP) is 1.94. The van der Waals surface area contributed by atoms with Gasteiger partial charge in [0.05, 0.1) is 0 Å². The van der Waals surface area contributed by atoms with E-state index in [2.05, 4.69) is 9.97 Å². The van der Waals surface area contributed by atoms with E-state index in [9.17, 15) is 18.0 Å². The molecule has 0 aromatic carbocycles. The van der Waals surface area contributed by atoms with Crippen LogP contribution in [0.5, 0.6) is 0 Å². The first-order chi connectivity index (χ1) is 6.79. The van der Waals surface area contributed by atoms with Crippen LogP contribution in [-0.4, -0.2) is 22.1 Å². The smallest absolute Gasteiger partial charge is 0.287 e. The Hall–Kier alpha value is -1.37. The third-order valence-electron chi connectivity index (χ3n) is 1.31. The molecule has 15 heavy (non-hydrogen) atoms. The Kier molecular flexibility index (Phi) is 3.13. The lowest BCUT2D eigenvalue weighted by atomic mass is 10.4. The van der Waals surface area contributed by atoms with Crippen molar-refractivity contribution in [2.75, 3.05) is 5.32 Å². The van der Waals surface area contributed by atoms with E-state index < -0.39 is 18.0 Å². The highest BCUT2D eigenvalue weighted by Gasteiger charge is 2.39. The summed E-state index contributed by atoms with van der Waals surface area (Å²) in [6.07, 6.45) is -4.97. The zero-order valence-electron chi connectivity index (χ0n) is 7.39. The molecule has 0 spiro atoms. The molecule has 0 saturated heterocycles. The molecule has 0 aliphatic carbocycles. The zero-order chi connectivity index (χ0) is 11.6. The molecule has 1 aromatic heterocycles. The van der Waals surface area contributed by atoms with Crippen molar-refractivity contribution in [3.63, 3.8) is 0 Å². The number of aryl methyl sites for hydroxylation is 1. The van der Waals surface area contributed by atoms with Gasteiger partial charge in [-0.3, -0.25) is 10.1 Å². The summed E-state index contributed by atoms with van der Waals surface area (Å²) in [6.45, 7) is 1.51. The van der Waals surface area contributed by atoms with Gasteiger partial charge in [0.15, 0.2) is 0 Å². The van der Waals surface area contributed by atoms with Gasteiger partial charge in [-0.05, 0) is 13.0 Å². The number of nitrogens with zero attached hydrogens (tertiary/aromatic N) is 2. The van der Waals surface area contributed by atoms with Gasteiger partial charge in [-0.15, -0.1) is 0 Å². The van der Waals surface area contributed by atoms with Gasteiger partial charge in [-0.2, -0.15) is 13.2 Å². The monoisotopic (exact) mass is 239 g/mol. The molecule has 4 nitrogen and oxygen atoms in total. The van der Waals surface area contributed by atoms with Gasteiger partial charge in [0, 0.05) is 5.69 Å². The Bertz CT molecular complexity index is 373. The Morgan fingerprint density at radius 3 is 2.53 bits per heavy atom. The lowest BCUT2D eigenvalue weighted by molar-refractivity contribution is -0.167. The largest absolute Gasteiger partial charge is 0.471 e. The molecule has 0 bridgehead atoms. The Morgan fingerprint density at radius 2 is 2.07 bits per heavy atom. The van der Waals surface area contributed by atoms with E-state index in [1.54, 1.807) is 0 Å². The first kappa shape index (κ1) is 11.7. The summed E-state index contributed by atoms with van der Waals surface area (Å²) in [5.74, 6) is -2.61. The average molecular weight is 240 g/mol. The van der Waals surface area contributed by atoms with Crippen molar-refractivity contribution < 1.29 is 18.0 Å². The maximum Gasteiger partial charge on any atom is 0.471 e. The van der Waals surface area contributed by atoms with Crippen molar-refractivity contribution in [2.24, 2.45) is 0 Å². The van der Waals surface area contributed by atoms with E-state index >= 15 is 0 Å².